The number of ether oxygens (including phenoxy) is 1. The summed E-state index contributed by atoms with van der Waals surface area (Å²) in [4.78, 5) is 31.4. The van der Waals surface area contributed by atoms with Crippen LogP contribution in [-0.2, 0) is 4.79 Å². The highest BCUT2D eigenvalue weighted by Gasteiger charge is 2.43. The highest BCUT2D eigenvalue weighted by atomic mass is 16.5. The Labute approximate surface area is 202 Å². The lowest BCUT2D eigenvalue weighted by Gasteiger charge is -2.45. The molecule has 4 atom stereocenters. The van der Waals surface area contributed by atoms with Gasteiger partial charge in [0.15, 0.2) is 0 Å². The number of nitrogens with one attached hydrogen (secondary N) is 1. The molecule has 0 bridgehead atoms. The number of amides is 2. The molecule has 3 aliphatic heterocycles. The molecule has 34 heavy (non-hydrogen) atoms. The van der Waals surface area contributed by atoms with Crippen molar-refractivity contribution in [2.24, 2.45) is 5.92 Å². The summed E-state index contributed by atoms with van der Waals surface area (Å²) in [6.07, 6.45) is 6.18. The average Bonchev–Trinajstić information content (AvgIpc) is 2.89. The molecule has 0 aliphatic carbocycles. The quantitative estimate of drug-likeness (QED) is 0.732. The maximum Gasteiger partial charge on any atom is 0.254 e. The number of methoxy groups -OCH3 is 1. The highest BCUT2D eigenvalue weighted by molar-refractivity contribution is 6.01. The molecular formula is C28H35N3O3. The summed E-state index contributed by atoms with van der Waals surface area (Å²) in [6, 6.07) is 15.5. The molecule has 0 spiro atoms. The van der Waals surface area contributed by atoms with Gasteiger partial charge in [0.1, 0.15) is 5.75 Å². The minimum Gasteiger partial charge on any atom is -0.497 e. The van der Waals surface area contributed by atoms with Crippen LogP contribution in [0, 0.1) is 5.92 Å². The minimum atomic E-state index is -0.460. The van der Waals surface area contributed by atoms with Crippen molar-refractivity contribution in [3.05, 3.63) is 65.2 Å². The summed E-state index contributed by atoms with van der Waals surface area (Å²) in [6.45, 7) is 3.08. The second-order valence-electron chi connectivity index (χ2n) is 9.95. The first kappa shape index (κ1) is 22.9. The van der Waals surface area contributed by atoms with Crippen molar-refractivity contribution in [2.45, 2.75) is 50.1 Å². The molecular weight excluding hydrogens is 426 g/mol. The van der Waals surface area contributed by atoms with Crippen LogP contribution in [0.3, 0.4) is 0 Å². The predicted octanol–water partition coefficient (Wildman–Crippen LogP) is 3.99. The lowest BCUT2D eigenvalue weighted by molar-refractivity contribution is -0.124. The molecule has 0 radical (unpaired) electrons. The van der Waals surface area contributed by atoms with Crippen molar-refractivity contribution in [1.82, 2.24) is 15.1 Å². The van der Waals surface area contributed by atoms with Gasteiger partial charge in [-0.25, -0.2) is 0 Å². The van der Waals surface area contributed by atoms with Crippen molar-refractivity contribution < 1.29 is 14.3 Å². The molecule has 2 aromatic rings. The van der Waals surface area contributed by atoms with E-state index in [1.54, 1.807) is 19.1 Å². The van der Waals surface area contributed by atoms with Crippen molar-refractivity contribution in [2.75, 3.05) is 33.8 Å². The van der Waals surface area contributed by atoms with Crippen molar-refractivity contribution in [1.29, 1.82) is 0 Å². The number of nitrogens with zero attached hydrogens (tertiary/aromatic N) is 2. The van der Waals surface area contributed by atoms with Gasteiger partial charge in [-0.05, 0) is 74.0 Å². The minimum absolute atomic E-state index is 0.000510. The Morgan fingerprint density at radius 3 is 2.59 bits per heavy atom. The monoisotopic (exact) mass is 461 g/mol. The van der Waals surface area contributed by atoms with Crippen LogP contribution in [0.1, 0.15) is 65.5 Å². The third-order valence-electron chi connectivity index (χ3n) is 8.09. The van der Waals surface area contributed by atoms with Crippen LogP contribution in [0.25, 0.3) is 0 Å². The van der Waals surface area contributed by atoms with Gasteiger partial charge in [0.05, 0.1) is 19.1 Å². The van der Waals surface area contributed by atoms with Crippen molar-refractivity contribution in [3.8, 4) is 5.75 Å². The molecule has 5 rings (SSSR count). The Morgan fingerprint density at radius 1 is 1.03 bits per heavy atom. The number of hydrogen-bond acceptors (Lipinski definition) is 4. The van der Waals surface area contributed by atoms with Crippen LogP contribution >= 0.6 is 0 Å². The molecule has 3 heterocycles. The summed E-state index contributed by atoms with van der Waals surface area (Å²) in [5.41, 5.74) is 2.36. The van der Waals surface area contributed by atoms with E-state index in [-0.39, 0.29) is 17.9 Å². The molecule has 2 fully saturated rings. The molecule has 1 N–H and O–H groups in total. The first-order valence-electron chi connectivity index (χ1n) is 12.6. The topological polar surface area (TPSA) is 61.9 Å². The highest BCUT2D eigenvalue weighted by Crippen LogP contribution is 2.42. The number of likely N-dealkylation sites (N-methyl/N-ethyl adjacent to an activating group) is 1. The van der Waals surface area contributed by atoms with Gasteiger partial charge in [-0.15, -0.1) is 0 Å². The molecule has 3 aliphatic rings. The number of benzene rings is 2. The number of piperidine rings is 2. The van der Waals surface area contributed by atoms with Crippen LogP contribution in [0.15, 0.2) is 48.5 Å². The first-order chi connectivity index (χ1) is 16.6. The lowest BCUT2D eigenvalue weighted by atomic mass is 9.79. The largest absolute Gasteiger partial charge is 0.497 e. The fraction of sp³-hybridized carbons (Fsp3) is 0.500. The number of hydrogen-bond donors (Lipinski definition) is 1. The van der Waals surface area contributed by atoms with Crippen molar-refractivity contribution in [3.63, 3.8) is 0 Å². The smallest absolute Gasteiger partial charge is 0.254 e. The van der Waals surface area contributed by atoms with E-state index in [0.717, 1.165) is 16.9 Å². The lowest BCUT2D eigenvalue weighted by Crippen LogP contribution is -2.52. The second kappa shape index (κ2) is 9.79. The number of rotatable bonds is 5. The van der Waals surface area contributed by atoms with Crippen LogP contribution < -0.4 is 10.1 Å². The molecule has 4 unspecified atom stereocenters. The summed E-state index contributed by atoms with van der Waals surface area (Å²) < 4.78 is 5.32. The normalized spacial score (nSPS) is 27.0. The van der Waals surface area contributed by atoms with Gasteiger partial charge in [-0.1, -0.05) is 36.8 Å². The van der Waals surface area contributed by atoms with Gasteiger partial charge in [0, 0.05) is 25.2 Å². The predicted molar refractivity (Wildman–Crippen MR) is 132 cm³/mol. The van der Waals surface area contributed by atoms with E-state index in [0.29, 0.717) is 24.1 Å². The van der Waals surface area contributed by atoms with Gasteiger partial charge in [-0.2, -0.15) is 0 Å². The maximum atomic E-state index is 13.8. The fourth-order valence-corrected chi connectivity index (χ4v) is 6.33. The molecule has 6 nitrogen and oxygen atoms in total. The molecule has 2 aromatic carbocycles. The Kier molecular flexibility index (Phi) is 6.59. The number of carbonyl (C=O) groups is 2. The first-order valence-corrected chi connectivity index (χ1v) is 12.6. The Balaban J connectivity index is 1.42. The average molecular weight is 462 g/mol. The Morgan fingerprint density at radius 2 is 1.79 bits per heavy atom. The molecule has 180 valence electrons. The van der Waals surface area contributed by atoms with Gasteiger partial charge in [0.2, 0.25) is 5.91 Å². The Bertz CT molecular complexity index is 1040. The summed E-state index contributed by atoms with van der Waals surface area (Å²) in [5.74, 6) is 0.740. The summed E-state index contributed by atoms with van der Waals surface area (Å²) in [5, 5.41) is 3.33. The van der Waals surface area contributed by atoms with Crippen LogP contribution in [0.4, 0.5) is 0 Å². The molecule has 2 amide bonds. The van der Waals surface area contributed by atoms with E-state index in [4.69, 9.17) is 4.74 Å². The fourth-order valence-electron chi connectivity index (χ4n) is 6.33. The van der Waals surface area contributed by atoms with E-state index < -0.39 is 5.92 Å². The Hall–Kier alpha value is -2.86. The molecule has 2 saturated heterocycles. The van der Waals surface area contributed by atoms with E-state index >= 15 is 0 Å². The molecule has 0 aromatic heterocycles. The van der Waals surface area contributed by atoms with Gasteiger partial charge < -0.3 is 19.9 Å². The zero-order valence-corrected chi connectivity index (χ0v) is 20.2. The van der Waals surface area contributed by atoms with Gasteiger partial charge >= 0.3 is 0 Å². The molecule has 0 saturated carbocycles. The summed E-state index contributed by atoms with van der Waals surface area (Å²) in [7, 11) is 3.44. The standard InChI is InChI=1S/C28H35N3O3/c1-30-26(19-12-14-21(34-2)15-13-19)25(22-9-3-4-10-23(22)28(30)33)27(32)29-18-20-8-7-17-31-16-6-5-11-24(20)31/h3-4,9-10,12-15,20,24-26H,5-8,11,16-18H2,1-2H3,(H,29,32). The zero-order chi connectivity index (χ0) is 23.7. The maximum absolute atomic E-state index is 13.8. The number of fused-ring (bicyclic) bond motifs is 2. The van der Waals surface area contributed by atoms with Crippen LogP contribution in [-0.4, -0.2) is 61.4 Å². The van der Waals surface area contributed by atoms with Gasteiger partial charge in [-0.3, -0.25) is 9.59 Å². The zero-order valence-electron chi connectivity index (χ0n) is 20.2. The third kappa shape index (κ3) is 4.20. The second-order valence-corrected chi connectivity index (χ2v) is 9.95. The third-order valence-corrected chi connectivity index (χ3v) is 8.09. The van der Waals surface area contributed by atoms with E-state index in [1.165, 1.54) is 45.2 Å². The van der Waals surface area contributed by atoms with E-state index in [1.807, 2.05) is 48.5 Å². The molecule has 6 heteroatoms. The van der Waals surface area contributed by atoms with Gasteiger partial charge in [0.25, 0.3) is 5.91 Å². The number of carbonyl (C=O) groups excluding carboxylic acids is 2. The SMILES string of the molecule is COc1ccc(C2C(C(=O)NCC3CCCN4CCCCC34)c3ccccc3C(=O)N2C)cc1. The summed E-state index contributed by atoms with van der Waals surface area (Å²) >= 11 is 0. The van der Waals surface area contributed by atoms with Crippen LogP contribution in [0.5, 0.6) is 5.75 Å². The van der Waals surface area contributed by atoms with E-state index in [9.17, 15) is 9.59 Å². The van der Waals surface area contributed by atoms with Crippen molar-refractivity contribution >= 4 is 11.8 Å². The van der Waals surface area contributed by atoms with Crippen LogP contribution in [0.2, 0.25) is 0 Å². The van der Waals surface area contributed by atoms with E-state index in [2.05, 4.69) is 10.2 Å².